The van der Waals surface area contributed by atoms with E-state index >= 15 is 0 Å². The number of hydrogen-bond acceptors (Lipinski definition) is 5. The van der Waals surface area contributed by atoms with Crippen LogP contribution in [0.25, 0.3) is 5.76 Å². The number of Topliss-reactive ketones (excluding diaryl/α,β-unsaturated/α-hetero) is 1. The highest BCUT2D eigenvalue weighted by molar-refractivity contribution is 7.10. The molecule has 0 aliphatic carbocycles. The van der Waals surface area contributed by atoms with E-state index in [9.17, 15) is 14.7 Å². The Hall–Kier alpha value is -3.38. The minimum Gasteiger partial charge on any atom is -0.507 e. The molecular formula is C25H23NO4S. The molecule has 1 aliphatic heterocycles. The predicted molar refractivity (Wildman–Crippen MR) is 123 cm³/mol. The Kier molecular flexibility index (Phi) is 5.91. The van der Waals surface area contributed by atoms with Gasteiger partial charge in [-0.3, -0.25) is 14.5 Å². The zero-order valence-electron chi connectivity index (χ0n) is 17.4. The van der Waals surface area contributed by atoms with Crippen LogP contribution in [0.3, 0.4) is 0 Å². The lowest BCUT2D eigenvalue weighted by atomic mass is 9.98. The van der Waals surface area contributed by atoms with Gasteiger partial charge in [-0.15, -0.1) is 11.3 Å². The predicted octanol–water partition coefficient (Wildman–Crippen LogP) is 5.47. The van der Waals surface area contributed by atoms with Crippen LogP contribution in [-0.2, 0) is 9.59 Å². The van der Waals surface area contributed by atoms with Gasteiger partial charge in [-0.2, -0.15) is 0 Å². The largest absolute Gasteiger partial charge is 0.507 e. The van der Waals surface area contributed by atoms with Gasteiger partial charge in [0.25, 0.3) is 11.7 Å². The zero-order valence-corrected chi connectivity index (χ0v) is 18.2. The number of hydrogen-bond donors (Lipinski definition) is 1. The van der Waals surface area contributed by atoms with Crippen LogP contribution in [0.2, 0.25) is 0 Å². The number of nitrogens with zero attached hydrogens (tertiary/aromatic N) is 1. The van der Waals surface area contributed by atoms with Crippen LogP contribution >= 0.6 is 11.3 Å². The first kappa shape index (κ1) is 20.9. The molecule has 1 aromatic heterocycles. The monoisotopic (exact) mass is 433 g/mol. The van der Waals surface area contributed by atoms with Crippen molar-refractivity contribution in [3.8, 4) is 5.75 Å². The average molecular weight is 434 g/mol. The SMILES string of the molecule is CCCOc1ccc(/C(O)=C2/C(=O)C(=O)N(c3ccccc3)C2c2cccs2)cc1C. The van der Waals surface area contributed by atoms with E-state index in [1.807, 2.05) is 49.6 Å². The van der Waals surface area contributed by atoms with Crippen LogP contribution in [0.4, 0.5) is 5.69 Å². The van der Waals surface area contributed by atoms with Crippen LogP contribution in [0.15, 0.2) is 71.6 Å². The summed E-state index contributed by atoms with van der Waals surface area (Å²) >= 11 is 1.44. The number of carbonyl (C=O) groups is 2. The minimum absolute atomic E-state index is 0.0953. The highest BCUT2D eigenvalue weighted by Crippen LogP contribution is 2.43. The number of aryl methyl sites for hydroxylation is 1. The molecule has 0 saturated carbocycles. The van der Waals surface area contributed by atoms with Crippen molar-refractivity contribution in [3.05, 3.63) is 87.6 Å². The molecule has 6 heteroatoms. The van der Waals surface area contributed by atoms with Gasteiger partial charge in [0.05, 0.1) is 12.2 Å². The molecule has 0 spiro atoms. The summed E-state index contributed by atoms with van der Waals surface area (Å²) < 4.78 is 5.71. The van der Waals surface area contributed by atoms with Crippen molar-refractivity contribution in [3.63, 3.8) is 0 Å². The molecule has 3 aromatic rings. The molecule has 158 valence electrons. The Morgan fingerprint density at radius 2 is 1.87 bits per heavy atom. The summed E-state index contributed by atoms with van der Waals surface area (Å²) in [6.45, 7) is 4.53. The van der Waals surface area contributed by atoms with E-state index < -0.39 is 17.7 Å². The number of ketones is 1. The fraction of sp³-hybridized carbons (Fsp3) is 0.200. The van der Waals surface area contributed by atoms with Gasteiger partial charge in [-0.25, -0.2) is 0 Å². The summed E-state index contributed by atoms with van der Waals surface area (Å²) in [6.07, 6.45) is 0.894. The van der Waals surface area contributed by atoms with E-state index in [0.29, 0.717) is 17.9 Å². The molecule has 1 atom stereocenters. The number of aliphatic hydroxyl groups excluding tert-OH is 1. The second kappa shape index (κ2) is 8.78. The van der Waals surface area contributed by atoms with E-state index in [-0.39, 0.29) is 11.3 Å². The molecule has 5 nitrogen and oxygen atoms in total. The third kappa shape index (κ3) is 3.86. The topological polar surface area (TPSA) is 66.8 Å². The van der Waals surface area contributed by atoms with Crippen molar-refractivity contribution < 1.29 is 19.4 Å². The molecule has 4 rings (SSSR count). The second-order valence-corrected chi connectivity index (χ2v) is 8.33. The number of rotatable bonds is 6. The van der Waals surface area contributed by atoms with Gasteiger partial charge in [-0.05, 0) is 60.7 Å². The molecule has 1 unspecified atom stereocenters. The summed E-state index contributed by atoms with van der Waals surface area (Å²) in [5, 5.41) is 13.1. The Morgan fingerprint density at radius 3 is 2.52 bits per heavy atom. The molecule has 2 aromatic carbocycles. The van der Waals surface area contributed by atoms with Crippen LogP contribution in [-0.4, -0.2) is 23.4 Å². The van der Waals surface area contributed by atoms with Crippen LogP contribution in [0, 0.1) is 6.92 Å². The fourth-order valence-corrected chi connectivity index (χ4v) is 4.55. The van der Waals surface area contributed by atoms with Crippen LogP contribution < -0.4 is 9.64 Å². The zero-order chi connectivity index (χ0) is 22.0. The maximum atomic E-state index is 13.1. The molecule has 1 aliphatic rings. The summed E-state index contributed by atoms with van der Waals surface area (Å²) in [4.78, 5) is 28.4. The van der Waals surface area contributed by atoms with E-state index in [0.717, 1.165) is 22.6 Å². The Labute approximate surface area is 185 Å². The van der Waals surface area contributed by atoms with Gasteiger partial charge >= 0.3 is 0 Å². The van der Waals surface area contributed by atoms with Crippen LogP contribution in [0.5, 0.6) is 5.75 Å². The lowest BCUT2D eigenvalue weighted by molar-refractivity contribution is -0.132. The van der Waals surface area contributed by atoms with Crippen molar-refractivity contribution in [1.29, 1.82) is 0 Å². The maximum absolute atomic E-state index is 13.1. The normalized spacial score (nSPS) is 17.9. The van der Waals surface area contributed by atoms with Crippen molar-refractivity contribution in [1.82, 2.24) is 0 Å². The highest BCUT2D eigenvalue weighted by atomic mass is 32.1. The van der Waals surface area contributed by atoms with Gasteiger partial charge in [0, 0.05) is 16.1 Å². The van der Waals surface area contributed by atoms with Gasteiger partial charge < -0.3 is 9.84 Å². The number of carbonyl (C=O) groups excluding carboxylic acids is 2. The van der Waals surface area contributed by atoms with Gasteiger partial charge in [-0.1, -0.05) is 31.2 Å². The summed E-state index contributed by atoms with van der Waals surface area (Å²) in [5.74, 6) is -0.784. The minimum atomic E-state index is -0.691. The summed E-state index contributed by atoms with van der Waals surface area (Å²) in [7, 11) is 0. The molecule has 31 heavy (non-hydrogen) atoms. The first-order valence-corrected chi connectivity index (χ1v) is 11.0. The number of para-hydroxylation sites is 1. The quantitative estimate of drug-likeness (QED) is 0.318. The number of aliphatic hydroxyl groups is 1. The summed E-state index contributed by atoms with van der Waals surface area (Å²) in [6, 6.07) is 17.4. The lowest BCUT2D eigenvalue weighted by Gasteiger charge is -2.24. The fourth-order valence-electron chi connectivity index (χ4n) is 3.73. The van der Waals surface area contributed by atoms with Crippen molar-refractivity contribution in [2.45, 2.75) is 26.3 Å². The van der Waals surface area contributed by atoms with Crippen molar-refractivity contribution in [2.75, 3.05) is 11.5 Å². The Morgan fingerprint density at radius 1 is 1.10 bits per heavy atom. The lowest BCUT2D eigenvalue weighted by Crippen LogP contribution is -2.29. The van der Waals surface area contributed by atoms with E-state index in [1.54, 1.807) is 30.3 Å². The number of amides is 1. The molecule has 1 saturated heterocycles. The molecule has 0 radical (unpaired) electrons. The van der Waals surface area contributed by atoms with Crippen molar-refractivity contribution >= 4 is 34.5 Å². The van der Waals surface area contributed by atoms with Gasteiger partial charge in [0.1, 0.15) is 17.6 Å². The number of benzene rings is 2. The van der Waals surface area contributed by atoms with Crippen LogP contribution in [0.1, 0.15) is 35.4 Å². The molecule has 1 amide bonds. The van der Waals surface area contributed by atoms with Crippen molar-refractivity contribution in [2.24, 2.45) is 0 Å². The standard InChI is InChI=1S/C25H23NO4S/c1-3-13-30-19-12-11-17(15-16(19)2)23(27)21-22(20-10-7-14-31-20)26(25(29)24(21)28)18-8-5-4-6-9-18/h4-12,14-15,22,27H,3,13H2,1-2H3/b23-21-. The second-order valence-electron chi connectivity index (χ2n) is 7.35. The average Bonchev–Trinajstić information content (AvgIpc) is 3.40. The first-order chi connectivity index (χ1) is 15.0. The molecular weight excluding hydrogens is 410 g/mol. The molecule has 0 bridgehead atoms. The third-order valence-corrected chi connectivity index (χ3v) is 6.13. The van der Waals surface area contributed by atoms with E-state index in [1.165, 1.54) is 16.2 Å². The van der Waals surface area contributed by atoms with Gasteiger partial charge in [0.15, 0.2) is 0 Å². The number of thiophene rings is 1. The first-order valence-electron chi connectivity index (χ1n) is 10.2. The highest BCUT2D eigenvalue weighted by Gasteiger charge is 2.47. The Balaban J connectivity index is 1.83. The molecule has 2 heterocycles. The summed E-state index contributed by atoms with van der Waals surface area (Å²) in [5.41, 5.74) is 2.04. The number of anilines is 1. The maximum Gasteiger partial charge on any atom is 0.300 e. The van der Waals surface area contributed by atoms with Gasteiger partial charge in [0.2, 0.25) is 0 Å². The molecule has 1 fully saturated rings. The smallest absolute Gasteiger partial charge is 0.300 e. The number of ether oxygens (including phenoxy) is 1. The Bertz CT molecular complexity index is 1140. The van der Waals surface area contributed by atoms with E-state index in [2.05, 4.69) is 0 Å². The van der Waals surface area contributed by atoms with E-state index in [4.69, 9.17) is 4.74 Å². The molecule has 1 N–H and O–H groups in total. The third-order valence-electron chi connectivity index (χ3n) is 5.20.